The summed E-state index contributed by atoms with van der Waals surface area (Å²) in [6.07, 6.45) is 8.09. The van der Waals surface area contributed by atoms with Gasteiger partial charge in [0.25, 0.3) is 0 Å². The number of ketones is 1. The number of Topliss-reactive ketones (excluding diaryl/α,β-unsaturated/α-hetero) is 1. The maximum absolute atomic E-state index is 12.2. The average molecular weight is 342 g/mol. The number of hydrogen-bond donors (Lipinski definition) is 1. The van der Waals surface area contributed by atoms with E-state index in [4.69, 9.17) is 12.6 Å². The van der Waals surface area contributed by atoms with E-state index in [1.807, 2.05) is 0 Å². The van der Waals surface area contributed by atoms with Gasteiger partial charge in [-0.15, -0.1) is 0 Å². The molecule has 4 saturated carbocycles. The van der Waals surface area contributed by atoms with E-state index in [0.29, 0.717) is 30.0 Å². The van der Waals surface area contributed by atoms with Crippen LogP contribution in [-0.4, -0.2) is 37.6 Å². The first-order chi connectivity index (χ1) is 11.8. The smallest absolute Gasteiger partial charge is 0.133 e. The molecule has 3 nitrogen and oxygen atoms in total. The van der Waals surface area contributed by atoms with Gasteiger partial charge in [-0.25, -0.2) is 0 Å². The molecule has 1 N–H and O–H groups in total. The average Bonchev–Trinajstić information content (AvgIpc) is 2.97. The molecule has 1 heterocycles. The van der Waals surface area contributed by atoms with Crippen LogP contribution in [0, 0.1) is 34.5 Å². The Morgan fingerprint density at radius 2 is 1.96 bits per heavy atom. The van der Waals surface area contributed by atoms with Crippen molar-refractivity contribution in [2.75, 3.05) is 6.61 Å². The zero-order valence-electron chi connectivity index (χ0n) is 15.7. The molecule has 5 aliphatic rings. The van der Waals surface area contributed by atoms with Crippen LogP contribution in [-0.2, 0) is 9.53 Å². The zero-order chi connectivity index (χ0) is 17.6. The molecule has 4 heteroatoms. The van der Waals surface area contributed by atoms with Gasteiger partial charge in [0.15, 0.2) is 0 Å². The minimum atomic E-state index is -0.335. The maximum atomic E-state index is 12.2. The molecule has 8 unspecified atom stereocenters. The quantitative estimate of drug-likeness (QED) is 0.744. The van der Waals surface area contributed by atoms with Crippen molar-refractivity contribution in [2.24, 2.45) is 34.5 Å². The Morgan fingerprint density at radius 1 is 1.16 bits per heavy atom. The van der Waals surface area contributed by atoms with Gasteiger partial charge in [-0.3, -0.25) is 4.79 Å². The van der Waals surface area contributed by atoms with E-state index in [-0.39, 0.29) is 34.3 Å². The molecule has 1 aliphatic heterocycles. The lowest BCUT2D eigenvalue weighted by atomic mass is 9.35. The molecule has 2 radical (unpaired) electrons. The molecule has 4 aliphatic carbocycles. The molecule has 5 fully saturated rings. The molecule has 136 valence electrons. The predicted molar refractivity (Wildman–Crippen MR) is 96.3 cm³/mol. The van der Waals surface area contributed by atoms with Crippen LogP contribution in [0.4, 0.5) is 0 Å². The van der Waals surface area contributed by atoms with E-state index in [1.54, 1.807) is 6.92 Å². The third-order valence-electron chi connectivity index (χ3n) is 9.66. The van der Waals surface area contributed by atoms with Gasteiger partial charge in [-0.2, -0.15) is 0 Å². The Hall–Kier alpha value is -0.345. The SMILES string of the molecule is [B][C@]12CC(O)CCC13COC2CC1C2CCC(C(C)=O)C2(C)CCC13. The number of aliphatic hydroxyl groups is 1. The number of carbonyl (C=O) groups excluding carboxylic acids is 1. The normalized spacial score (nSPS) is 59.8. The third-order valence-corrected chi connectivity index (χ3v) is 9.66. The fraction of sp³-hybridized carbons (Fsp3) is 0.952. The predicted octanol–water partition coefficient (Wildman–Crippen LogP) is 3.30. The van der Waals surface area contributed by atoms with Crippen molar-refractivity contribution in [1.29, 1.82) is 0 Å². The summed E-state index contributed by atoms with van der Waals surface area (Å²) in [5.74, 6) is 2.57. The van der Waals surface area contributed by atoms with Crippen molar-refractivity contribution in [3.05, 3.63) is 0 Å². The molecular weight excluding hydrogens is 311 g/mol. The summed E-state index contributed by atoms with van der Waals surface area (Å²) < 4.78 is 6.31. The second-order valence-electron chi connectivity index (χ2n) is 10.3. The van der Waals surface area contributed by atoms with Gasteiger partial charge < -0.3 is 9.84 Å². The Bertz CT molecular complexity index is 608. The molecule has 0 aromatic heterocycles. The highest BCUT2D eigenvalue weighted by Crippen LogP contribution is 2.75. The van der Waals surface area contributed by atoms with Crippen LogP contribution in [0.1, 0.15) is 65.2 Å². The Labute approximate surface area is 152 Å². The highest BCUT2D eigenvalue weighted by molar-refractivity contribution is 6.17. The molecule has 0 aromatic rings. The van der Waals surface area contributed by atoms with Crippen LogP contribution in [0.5, 0.6) is 0 Å². The van der Waals surface area contributed by atoms with Crippen LogP contribution >= 0.6 is 0 Å². The lowest BCUT2D eigenvalue weighted by Crippen LogP contribution is -2.59. The Morgan fingerprint density at radius 3 is 2.72 bits per heavy atom. The molecule has 0 spiro atoms. The van der Waals surface area contributed by atoms with Crippen LogP contribution in [0.15, 0.2) is 0 Å². The van der Waals surface area contributed by atoms with E-state index in [9.17, 15) is 9.90 Å². The Balaban J connectivity index is 1.52. The van der Waals surface area contributed by atoms with Crippen LogP contribution < -0.4 is 0 Å². The first-order valence-electron chi connectivity index (χ1n) is 10.4. The standard InChI is InChI=1S/C21H31BO3/c1-12(23)15-3-4-16-14-9-18-21(22)10-13(24)5-8-20(21,11-25-18)17(14)6-7-19(15,16)2/h13-18,24H,3-11H2,1-2H3/t13?,14?,15?,16?,17?,18?,19?,20?,21-/m0/s1. The van der Waals surface area contributed by atoms with Crippen molar-refractivity contribution in [2.45, 2.75) is 82.7 Å². The highest BCUT2D eigenvalue weighted by Gasteiger charge is 2.70. The number of rotatable bonds is 1. The lowest BCUT2D eigenvalue weighted by Gasteiger charge is -2.63. The van der Waals surface area contributed by atoms with Gasteiger partial charge in [0.05, 0.1) is 26.7 Å². The van der Waals surface area contributed by atoms with Crippen molar-refractivity contribution >= 4 is 13.6 Å². The van der Waals surface area contributed by atoms with Crippen molar-refractivity contribution in [3.63, 3.8) is 0 Å². The van der Waals surface area contributed by atoms with E-state index in [2.05, 4.69) is 6.92 Å². The lowest BCUT2D eigenvalue weighted by molar-refractivity contribution is -0.132. The number of fused-ring (bicyclic) bond motifs is 3. The van der Waals surface area contributed by atoms with E-state index in [1.165, 1.54) is 12.8 Å². The minimum absolute atomic E-state index is 0.0649. The number of ether oxygens (including phenoxy) is 1. The maximum Gasteiger partial charge on any atom is 0.133 e. The number of hydrogen-bond acceptors (Lipinski definition) is 3. The zero-order valence-corrected chi connectivity index (χ0v) is 15.7. The third kappa shape index (κ3) is 1.89. The summed E-state index contributed by atoms with van der Waals surface area (Å²) in [7, 11) is 7.01. The molecule has 9 atom stereocenters. The fourth-order valence-electron chi connectivity index (χ4n) is 8.54. The highest BCUT2D eigenvalue weighted by atomic mass is 16.5. The number of carbonyl (C=O) groups is 1. The molecule has 0 amide bonds. The van der Waals surface area contributed by atoms with Gasteiger partial charge in [-0.05, 0) is 92.2 Å². The van der Waals surface area contributed by atoms with Gasteiger partial charge in [0, 0.05) is 5.92 Å². The largest absolute Gasteiger partial charge is 0.393 e. The summed E-state index contributed by atoms with van der Waals surface area (Å²) in [4.78, 5) is 12.2. The van der Waals surface area contributed by atoms with Crippen LogP contribution in [0.25, 0.3) is 0 Å². The van der Waals surface area contributed by atoms with E-state index >= 15 is 0 Å². The van der Waals surface area contributed by atoms with Gasteiger partial charge in [-0.1, -0.05) is 6.92 Å². The summed E-state index contributed by atoms with van der Waals surface area (Å²) in [6, 6.07) is 0. The number of aliphatic hydroxyl groups excluding tert-OH is 1. The first-order valence-corrected chi connectivity index (χ1v) is 10.4. The van der Waals surface area contributed by atoms with E-state index < -0.39 is 0 Å². The summed E-state index contributed by atoms with van der Waals surface area (Å²) >= 11 is 0. The summed E-state index contributed by atoms with van der Waals surface area (Å²) in [5.41, 5.74) is 0.251. The second kappa shape index (κ2) is 5.13. The van der Waals surface area contributed by atoms with Crippen molar-refractivity contribution in [3.8, 4) is 0 Å². The molecule has 1 saturated heterocycles. The van der Waals surface area contributed by atoms with Crippen LogP contribution in [0.2, 0.25) is 5.31 Å². The molecule has 5 rings (SSSR count). The minimum Gasteiger partial charge on any atom is -0.393 e. The monoisotopic (exact) mass is 342 g/mol. The van der Waals surface area contributed by atoms with Gasteiger partial charge in [0.1, 0.15) is 5.78 Å². The second-order valence-corrected chi connectivity index (χ2v) is 10.3. The molecular formula is C21H31BO3. The van der Waals surface area contributed by atoms with Gasteiger partial charge >= 0.3 is 0 Å². The topological polar surface area (TPSA) is 46.5 Å². The summed E-state index contributed by atoms with van der Waals surface area (Å²) in [6.45, 7) is 4.98. The van der Waals surface area contributed by atoms with Crippen molar-refractivity contribution < 1.29 is 14.6 Å². The first kappa shape index (κ1) is 16.8. The van der Waals surface area contributed by atoms with Crippen LogP contribution in [0.3, 0.4) is 0 Å². The molecule has 2 bridgehead atoms. The molecule has 25 heavy (non-hydrogen) atoms. The molecule has 0 aromatic carbocycles. The van der Waals surface area contributed by atoms with E-state index in [0.717, 1.165) is 38.7 Å². The van der Waals surface area contributed by atoms with Gasteiger partial charge in [0.2, 0.25) is 0 Å². The van der Waals surface area contributed by atoms with Crippen molar-refractivity contribution in [1.82, 2.24) is 0 Å². The fourth-order valence-corrected chi connectivity index (χ4v) is 8.54. The summed E-state index contributed by atoms with van der Waals surface area (Å²) in [5, 5.41) is 9.95. The Kier molecular flexibility index (Phi) is 3.45.